The Morgan fingerprint density at radius 1 is 0.514 bits per heavy atom. The Morgan fingerprint density at radius 3 is 1.43 bits per heavy atom. The molecule has 5 rings (SSSR count). The van der Waals surface area contributed by atoms with Crippen molar-refractivity contribution in [1.29, 1.82) is 0 Å². The fourth-order valence-electron chi connectivity index (χ4n) is 10.8. The topological polar surface area (TPSA) is 0 Å². The summed E-state index contributed by atoms with van der Waals surface area (Å²) in [7, 11) is -2.80. The van der Waals surface area contributed by atoms with Crippen molar-refractivity contribution in [2.75, 3.05) is 19.0 Å². The summed E-state index contributed by atoms with van der Waals surface area (Å²) in [5, 5.41) is 2.14. The molecule has 0 aliphatic heterocycles. The maximum atomic E-state index is 3.01. The van der Waals surface area contributed by atoms with E-state index in [1.807, 2.05) is 0 Å². The fraction of sp³-hybridized carbons (Fsp3) is 0.886. The Hall–Kier alpha value is 0.340. The van der Waals surface area contributed by atoms with E-state index in [0.717, 1.165) is 11.3 Å². The van der Waals surface area contributed by atoms with Gasteiger partial charge in [-0.15, -0.1) is 0 Å². The third-order valence-electron chi connectivity index (χ3n) is 12.9. The van der Waals surface area contributed by atoms with E-state index < -0.39 is 14.5 Å². The Labute approximate surface area is 233 Å². The maximum absolute atomic E-state index is 3.01. The van der Waals surface area contributed by atoms with Gasteiger partial charge in [0.05, 0.1) is 0 Å². The second-order valence-corrected chi connectivity index (χ2v) is 24.7. The van der Waals surface area contributed by atoms with Gasteiger partial charge in [0.1, 0.15) is 0 Å². The first-order valence-corrected chi connectivity index (χ1v) is 22.8. The van der Waals surface area contributed by atoms with Crippen LogP contribution in [0.4, 0.5) is 0 Å². The average Bonchev–Trinajstić information content (AvgIpc) is 2.96. The summed E-state index contributed by atoms with van der Waals surface area (Å²) in [5.41, 5.74) is 4.61. The van der Waals surface area contributed by atoms with E-state index in [1.54, 1.807) is 115 Å². The first-order valence-electron chi connectivity index (χ1n) is 17.6. The molecule has 5 aliphatic carbocycles. The molecule has 2 heteroatoms. The van der Waals surface area contributed by atoms with Gasteiger partial charge in [-0.3, -0.25) is 0 Å². The molecule has 0 radical (unpaired) electrons. The zero-order chi connectivity index (χ0) is 25.4. The van der Waals surface area contributed by atoms with Gasteiger partial charge in [0.2, 0.25) is 0 Å². The van der Waals surface area contributed by atoms with Crippen molar-refractivity contribution in [3.63, 3.8) is 0 Å². The summed E-state index contributed by atoms with van der Waals surface area (Å²) in [6.45, 7) is 3.01. The minimum absolute atomic E-state index is 1.13. The van der Waals surface area contributed by atoms with Crippen LogP contribution in [-0.4, -0.2) is 41.6 Å². The number of hydrogen-bond acceptors (Lipinski definition) is 0. The van der Waals surface area contributed by atoms with Gasteiger partial charge in [-0.25, -0.2) is 0 Å². The van der Waals surface area contributed by atoms with Crippen molar-refractivity contribution >= 4 is 14.5 Å². The van der Waals surface area contributed by atoms with E-state index in [9.17, 15) is 0 Å². The summed E-state index contributed by atoms with van der Waals surface area (Å²) in [6.07, 6.45) is 48.4. The van der Waals surface area contributed by atoms with Gasteiger partial charge in [0, 0.05) is 0 Å². The summed E-state index contributed by atoms with van der Waals surface area (Å²) >= 11 is 0. The van der Waals surface area contributed by atoms with Crippen molar-refractivity contribution < 1.29 is 0 Å². The molecule has 4 fully saturated rings. The van der Waals surface area contributed by atoms with Crippen LogP contribution in [0.3, 0.4) is 0 Å². The molecule has 0 amide bonds. The molecular weight excluding hydrogens is 482 g/mol. The van der Waals surface area contributed by atoms with Crippen LogP contribution in [0.1, 0.15) is 154 Å². The Bertz CT molecular complexity index is 690. The van der Waals surface area contributed by atoms with E-state index in [1.165, 1.54) is 62.7 Å². The van der Waals surface area contributed by atoms with Crippen LogP contribution < -0.4 is 0 Å². The predicted molar refractivity (Wildman–Crippen MR) is 175 cm³/mol. The van der Waals surface area contributed by atoms with Crippen LogP contribution in [0.25, 0.3) is 0 Å². The standard InChI is InChI=1S/C35H64P2/c1-36(31-19-11-5-12-20-31,32-21-13-6-14-22-32)29-30-37(34-25-15-7-16-26-34,35-27-17-8-18-28-35)33-23-9-3-2-4-10-24-33/h2-3,24,31-32,34-37H,4-23,25-30H2,1H3/b3-2-,33-24+. The van der Waals surface area contributed by atoms with Crippen molar-refractivity contribution in [3.8, 4) is 0 Å². The molecule has 0 nitrogen and oxygen atoms in total. The van der Waals surface area contributed by atoms with Crippen LogP contribution >= 0.6 is 14.5 Å². The van der Waals surface area contributed by atoms with Crippen LogP contribution in [0, 0.1) is 0 Å². The third kappa shape index (κ3) is 6.81. The first-order chi connectivity index (χ1) is 18.2. The van der Waals surface area contributed by atoms with Gasteiger partial charge in [-0.05, 0) is 0 Å². The number of rotatable bonds is 8. The number of allylic oxidation sites excluding steroid dienone is 4. The Balaban J connectivity index is 1.50. The van der Waals surface area contributed by atoms with E-state index in [0.29, 0.717) is 0 Å². The van der Waals surface area contributed by atoms with Gasteiger partial charge < -0.3 is 0 Å². The van der Waals surface area contributed by atoms with Crippen LogP contribution in [0.5, 0.6) is 0 Å². The van der Waals surface area contributed by atoms with Gasteiger partial charge in [-0.2, -0.15) is 0 Å². The number of hydrogen-bond donors (Lipinski definition) is 0. The SMILES string of the molecule is C[PH](CC[PH](/C1=C/CC/C=C\CC1)(C1CCCCC1)C1CCCCC1)(C1CCCCC1)C1CCCCC1. The molecule has 214 valence electrons. The van der Waals surface area contributed by atoms with Crippen LogP contribution in [0.15, 0.2) is 23.5 Å². The second-order valence-electron chi connectivity index (χ2n) is 14.7. The molecule has 5 aliphatic rings. The quantitative estimate of drug-likeness (QED) is 0.210. The van der Waals surface area contributed by atoms with Crippen molar-refractivity contribution in [3.05, 3.63) is 23.5 Å². The van der Waals surface area contributed by atoms with Crippen LogP contribution in [-0.2, 0) is 0 Å². The molecule has 0 saturated heterocycles. The van der Waals surface area contributed by atoms with E-state index in [4.69, 9.17) is 0 Å². The third-order valence-corrected chi connectivity index (χ3v) is 26.4. The van der Waals surface area contributed by atoms with E-state index in [-0.39, 0.29) is 0 Å². The molecule has 0 aromatic rings. The Kier molecular flexibility index (Phi) is 11.2. The monoisotopic (exact) mass is 546 g/mol. The van der Waals surface area contributed by atoms with Crippen LogP contribution in [0.2, 0.25) is 0 Å². The minimum atomic E-state index is -1.52. The van der Waals surface area contributed by atoms with E-state index in [2.05, 4.69) is 30.2 Å². The Morgan fingerprint density at radius 2 is 0.946 bits per heavy atom. The normalized spacial score (nSPS) is 30.1. The average molecular weight is 547 g/mol. The van der Waals surface area contributed by atoms with Gasteiger partial charge in [-0.1, -0.05) is 0 Å². The molecule has 0 unspecified atom stereocenters. The van der Waals surface area contributed by atoms with Crippen molar-refractivity contribution in [1.82, 2.24) is 0 Å². The van der Waals surface area contributed by atoms with Crippen molar-refractivity contribution in [2.45, 2.75) is 177 Å². The molecule has 0 heterocycles. The summed E-state index contributed by atoms with van der Waals surface area (Å²) in [6, 6.07) is 0. The first kappa shape index (κ1) is 28.9. The molecule has 37 heavy (non-hydrogen) atoms. The molecule has 0 atom stereocenters. The predicted octanol–water partition coefficient (Wildman–Crippen LogP) is 11.5. The molecular formula is C35H64P2. The molecule has 0 spiro atoms. The van der Waals surface area contributed by atoms with E-state index >= 15 is 0 Å². The summed E-state index contributed by atoms with van der Waals surface area (Å²) < 4.78 is 0. The second kappa shape index (κ2) is 14.3. The zero-order valence-electron chi connectivity index (χ0n) is 24.9. The fourth-order valence-corrected chi connectivity index (χ4v) is 26.4. The van der Waals surface area contributed by atoms with Crippen molar-refractivity contribution in [2.24, 2.45) is 0 Å². The summed E-state index contributed by atoms with van der Waals surface area (Å²) in [5.74, 6) is 0. The van der Waals surface area contributed by atoms with Gasteiger partial charge in [0.15, 0.2) is 0 Å². The zero-order valence-corrected chi connectivity index (χ0v) is 26.9. The molecule has 4 saturated carbocycles. The molecule has 0 bridgehead atoms. The van der Waals surface area contributed by atoms with Gasteiger partial charge >= 0.3 is 234 Å². The molecule has 0 N–H and O–H groups in total. The molecule has 0 aromatic carbocycles. The summed E-state index contributed by atoms with van der Waals surface area (Å²) in [4.78, 5) is 0. The van der Waals surface area contributed by atoms with Gasteiger partial charge in [0.25, 0.3) is 0 Å². The molecule has 0 aromatic heterocycles.